The Labute approximate surface area is 180 Å². The standard InChI is InChI=1S/C24H25N3O2S/c28-24(22-7-4-16-30-22)26-14-10-19(11-15-26)27-17-21(29-20-5-2-1-3-6-20)23(27)18-8-12-25-13-9-18/h1-9,12-13,16,19,21,23H,10-11,14-15,17H2/t21-,23-/m0/s1. The summed E-state index contributed by atoms with van der Waals surface area (Å²) in [5.41, 5.74) is 1.24. The summed E-state index contributed by atoms with van der Waals surface area (Å²) in [5.74, 6) is 1.08. The van der Waals surface area contributed by atoms with Crippen LogP contribution in [0.1, 0.15) is 34.1 Å². The lowest BCUT2D eigenvalue weighted by Gasteiger charge is -2.53. The zero-order valence-corrected chi connectivity index (χ0v) is 17.6. The summed E-state index contributed by atoms with van der Waals surface area (Å²) in [5, 5.41) is 1.96. The summed E-state index contributed by atoms with van der Waals surface area (Å²) in [6, 6.07) is 18.8. The second-order valence-corrected chi connectivity index (χ2v) is 8.84. The first kappa shape index (κ1) is 19.3. The smallest absolute Gasteiger partial charge is 0.263 e. The first-order valence-electron chi connectivity index (χ1n) is 10.5. The van der Waals surface area contributed by atoms with Crippen molar-refractivity contribution in [3.63, 3.8) is 0 Å². The minimum Gasteiger partial charge on any atom is -0.487 e. The average Bonchev–Trinajstić information content (AvgIpc) is 3.32. The van der Waals surface area contributed by atoms with Crippen LogP contribution >= 0.6 is 11.3 Å². The SMILES string of the molecule is O=C(c1cccs1)N1CCC(N2C[C@H](Oc3ccccc3)[C@@H]2c2ccncc2)CC1. The Balaban J connectivity index is 1.26. The quantitative estimate of drug-likeness (QED) is 0.620. The van der Waals surface area contributed by atoms with E-state index in [0.29, 0.717) is 6.04 Å². The first-order valence-corrected chi connectivity index (χ1v) is 11.4. The van der Waals surface area contributed by atoms with Gasteiger partial charge in [-0.05, 0) is 54.1 Å². The summed E-state index contributed by atoms with van der Waals surface area (Å²) >= 11 is 1.52. The molecular formula is C24H25N3O2S. The van der Waals surface area contributed by atoms with Crippen LogP contribution in [0.2, 0.25) is 0 Å². The molecule has 30 heavy (non-hydrogen) atoms. The van der Waals surface area contributed by atoms with Gasteiger partial charge in [-0.15, -0.1) is 11.3 Å². The van der Waals surface area contributed by atoms with Crippen molar-refractivity contribution < 1.29 is 9.53 Å². The maximum Gasteiger partial charge on any atom is 0.263 e. The monoisotopic (exact) mass is 419 g/mol. The number of carbonyl (C=O) groups is 1. The van der Waals surface area contributed by atoms with E-state index in [9.17, 15) is 4.79 Å². The van der Waals surface area contributed by atoms with Gasteiger partial charge in [0.15, 0.2) is 0 Å². The van der Waals surface area contributed by atoms with E-state index in [0.717, 1.165) is 43.1 Å². The van der Waals surface area contributed by atoms with E-state index in [4.69, 9.17) is 4.74 Å². The van der Waals surface area contributed by atoms with E-state index in [2.05, 4.69) is 22.0 Å². The molecule has 0 N–H and O–H groups in total. The van der Waals surface area contributed by atoms with Crippen molar-refractivity contribution in [3.8, 4) is 5.75 Å². The van der Waals surface area contributed by atoms with Gasteiger partial charge in [-0.25, -0.2) is 0 Å². The van der Waals surface area contributed by atoms with Crippen molar-refractivity contribution in [1.29, 1.82) is 0 Å². The van der Waals surface area contributed by atoms with Crippen LogP contribution in [0.3, 0.4) is 0 Å². The number of ether oxygens (including phenoxy) is 1. The number of hydrogen-bond acceptors (Lipinski definition) is 5. The topological polar surface area (TPSA) is 45.7 Å². The Hall–Kier alpha value is -2.70. The lowest BCUT2D eigenvalue weighted by Crippen LogP contribution is -2.61. The van der Waals surface area contributed by atoms with E-state index in [1.165, 1.54) is 16.9 Å². The minimum absolute atomic E-state index is 0.126. The number of aromatic nitrogens is 1. The molecule has 154 valence electrons. The molecule has 0 bridgehead atoms. The van der Waals surface area contributed by atoms with Gasteiger partial charge in [-0.2, -0.15) is 0 Å². The number of thiophene rings is 1. The van der Waals surface area contributed by atoms with Gasteiger partial charge in [0, 0.05) is 38.1 Å². The lowest BCUT2D eigenvalue weighted by atomic mass is 9.87. The summed E-state index contributed by atoms with van der Waals surface area (Å²) in [6.07, 6.45) is 5.83. The molecule has 2 fully saturated rings. The number of benzene rings is 1. The Morgan fingerprint density at radius 2 is 1.77 bits per heavy atom. The number of piperidine rings is 1. The van der Waals surface area contributed by atoms with Crippen LogP contribution in [0, 0.1) is 0 Å². The van der Waals surface area contributed by atoms with Gasteiger partial charge >= 0.3 is 0 Å². The molecule has 0 saturated carbocycles. The number of likely N-dealkylation sites (tertiary alicyclic amines) is 2. The number of hydrogen-bond donors (Lipinski definition) is 0. The molecule has 2 aliphatic rings. The van der Waals surface area contributed by atoms with Crippen molar-refractivity contribution in [1.82, 2.24) is 14.8 Å². The molecule has 2 aliphatic heterocycles. The van der Waals surface area contributed by atoms with Gasteiger partial charge in [0.05, 0.1) is 10.9 Å². The van der Waals surface area contributed by atoms with Gasteiger partial charge in [0.2, 0.25) is 0 Å². The molecule has 0 spiro atoms. The van der Waals surface area contributed by atoms with Crippen molar-refractivity contribution in [3.05, 3.63) is 82.8 Å². The van der Waals surface area contributed by atoms with E-state index in [1.54, 1.807) is 0 Å². The van der Waals surface area contributed by atoms with Crippen molar-refractivity contribution in [2.24, 2.45) is 0 Å². The fourth-order valence-electron chi connectivity index (χ4n) is 4.57. The first-order chi connectivity index (χ1) is 14.8. The van der Waals surface area contributed by atoms with Crippen LogP contribution < -0.4 is 4.74 Å². The van der Waals surface area contributed by atoms with Crippen LogP contribution in [-0.2, 0) is 0 Å². The molecular weight excluding hydrogens is 394 g/mol. The third-order valence-electron chi connectivity index (χ3n) is 6.13. The molecule has 3 aromatic rings. The fourth-order valence-corrected chi connectivity index (χ4v) is 5.26. The molecule has 0 radical (unpaired) electrons. The molecule has 0 unspecified atom stereocenters. The average molecular weight is 420 g/mol. The number of rotatable bonds is 5. The van der Waals surface area contributed by atoms with Gasteiger partial charge < -0.3 is 9.64 Å². The summed E-state index contributed by atoms with van der Waals surface area (Å²) in [4.78, 5) is 22.2. The molecule has 1 amide bonds. The van der Waals surface area contributed by atoms with E-state index in [1.807, 2.05) is 65.1 Å². The molecule has 0 aliphatic carbocycles. The van der Waals surface area contributed by atoms with Gasteiger partial charge in [0.1, 0.15) is 11.9 Å². The van der Waals surface area contributed by atoms with Gasteiger partial charge in [0.25, 0.3) is 5.91 Å². The zero-order valence-electron chi connectivity index (χ0n) is 16.8. The molecule has 1 aromatic carbocycles. The maximum atomic E-state index is 12.7. The van der Waals surface area contributed by atoms with Crippen LogP contribution in [0.5, 0.6) is 5.75 Å². The summed E-state index contributed by atoms with van der Waals surface area (Å²) in [7, 11) is 0. The predicted octanol–water partition coefficient (Wildman–Crippen LogP) is 4.25. The Morgan fingerprint density at radius 1 is 1.00 bits per heavy atom. The minimum atomic E-state index is 0.126. The summed E-state index contributed by atoms with van der Waals surface area (Å²) < 4.78 is 6.32. The number of pyridine rings is 1. The van der Waals surface area contributed by atoms with Gasteiger partial charge in [-0.1, -0.05) is 24.3 Å². The van der Waals surface area contributed by atoms with E-state index >= 15 is 0 Å². The Kier molecular flexibility index (Phi) is 5.51. The van der Waals surface area contributed by atoms with Crippen molar-refractivity contribution in [2.75, 3.05) is 19.6 Å². The van der Waals surface area contributed by atoms with E-state index in [-0.39, 0.29) is 18.1 Å². The Bertz CT molecular complexity index is 957. The van der Waals surface area contributed by atoms with E-state index < -0.39 is 0 Å². The highest BCUT2D eigenvalue weighted by Gasteiger charge is 2.46. The van der Waals surface area contributed by atoms with Crippen LogP contribution in [-0.4, -0.2) is 52.5 Å². The van der Waals surface area contributed by atoms with Crippen LogP contribution in [0.4, 0.5) is 0 Å². The third kappa shape index (κ3) is 3.85. The number of para-hydroxylation sites is 1. The highest BCUT2D eigenvalue weighted by Crippen LogP contribution is 2.40. The predicted molar refractivity (Wildman–Crippen MR) is 118 cm³/mol. The molecule has 2 saturated heterocycles. The Morgan fingerprint density at radius 3 is 2.47 bits per heavy atom. The van der Waals surface area contributed by atoms with Gasteiger partial charge in [-0.3, -0.25) is 14.7 Å². The number of amides is 1. The molecule has 4 heterocycles. The molecule has 2 atom stereocenters. The highest BCUT2D eigenvalue weighted by molar-refractivity contribution is 7.12. The van der Waals surface area contributed by atoms with Crippen molar-refractivity contribution in [2.45, 2.75) is 31.0 Å². The van der Waals surface area contributed by atoms with Crippen molar-refractivity contribution >= 4 is 17.2 Å². The molecule has 5 rings (SSSR count). The summed E-state index contributed by atoms with van der Waals surface area (Å²) in [6.45, 7) is 2.53. The highest BCUT2D eigenvalue weighted by atomic mass is 32.1. The third-order valence-corrected chi connectivity index (χ3v) is 6.99. The lowest BCUT2D eigenvalue weighted by molar-refractivity contribution is -0.0842. The number of carbonyl (C=O) groups excluding carboxylic acids is 1. The second kappa shape index (κ2) is 8.58. The maximum absolute atomic E-state index is 12.7. The number of nitrogens with zero attached hydrogens (tertiary/aromatic N) is 3. The second-order valence-electron chi connectivity index (χ2n) is 7.89. The molecule has 2 aromatic heterocycles. The van der Waals surface area contributed by atoms with Crippen LogP contribution in [0.15, 0.2) is 72.4 Å². The molecule has 5 nitrogen and oxygen atoms in total. The van der Waals surface area contributed by atoms with Crippen LogP contribution in [0.25, 0.3) is 0 Å². The normalized spacial score (nSPS) is 22.5. The largest absolute Gasteiger partial charge is 0.487 e. The molecule has 6 heteroatoms. The fraction of sp³-hybridized carbons (Fsp3) is 0.333. The zero-order chi connectivity index (χ0) is 20.3.